The molecule has 3 atom stereocenters. The van der Waals surface area contributed by atoms with Crippen molar-refractivity contribution in [2.45, 2.75) is 38.1 Å². The third-order valence-corrected chi connectivity index (χ3v) is 4.78. The van der Waals surface area contributed by atoms with Gasteiger partial charge in [0.05, 0.1) is 18.0 Å². The minimum absolute atomic E-state index is 0.107. The van der Waals surface area contributed by atoms with Gasteiger partial charge in [0.2, 0.25) is 11.7 Å². The summed E-state index contributed by atoms with van der Waals surface area (Å²) < 4.78 is 51.9. The molecule has 0 radical (unpaired) electrons. The third-order valence-electron chi connectivity index (χ3n) is 4.78. The van der Waals surface area contributed by atoms with E-state index in [2.05, 4.69) is 26.7 Å². The first-order valence-electron chi connectivity index (χ1n) is 8.80. The molecular weight excluding hydrogens is 390 g/mol. The molecule has 6 nitrogen and oxygen atoms in total. The standard InChI is InChI=1S/C19H17F4N5O/c1-10-12(6-24)5-16(28-10)17(29)25-7-13-4-11(2-3-15(13)20)14-8-26-18(27-9-14)19(21,22)23/h2-4,8-10,12,16,28H,5,7H2,1H3,(H,25,29)/t10?,12-,16?/m0/s1. The Morgan fingerprint density at radius 3 is 2.59 bits per heavy atom. The molecule has 10 heteroatoms. The van der Waals surface area contributed by atoms with Gasteiger partial charge in [-0.2, -0.15) is 18.4 Å². The van der Waals surface area contributed by atoms with E-state index < -0.39 is 23.9 Å². The topological polar surface area (TPSA) is 90.7 Å². The molecule has 1 aromatic carbocycles. The minimum atomic E-state index is -4.65. The number of hydrogen-bond acceptors (Lipinski definition) is 5. The molecule has 2 aromatic rings. The molecule has 1 saturated heterocycles. The summed E-state index contributed by atoms with van der Waals surface area (Å²) in [6, 6.07) is 5.46. The number of hydrogen-bond donors (Lipinski definition) is 2. The number of benzene rings is 1. The summed E-state index contributed by atoms with van der Waals surface area (Å²) >= 11 is 0. The highest BCUT2D eigenvalue weighted by Crippen LogP contribution is 2.27. The smallest absolute Gasteiger partial charge is 0.351 e. The Morgan fingerprint density at radius 1 is 1.31 bits per heavy atom. The highest BCUT2D eigenvalue weighted by Gasteiger charge is 2.35. The number of rotatable bonds is 4. The molecular formula is C19H17F4N5O. The molecule has 0 saturated carbocycles. The van der Waals surface area contributed by atoms with Crippen molar-refractivity contribution in [1.82, 2.24) is 20.6 Å². The van der Waals surface area contributed by atoms with Crippen molar-refractivity contribution in [3.63, 3.8) is 0 Å². The van der Waals surface area contributed by atoms with Crippen LogP contribution in [0.5, 0.6) is 0 Å². The maximum absolute atomic E-state index is 14.1. The first kappa shape index (κ1) is 20.7. The molecule has 1 aromatic heterocycles. The van der Waals surface area contributed by atoms with Gasteiger partial charge in [0, 0.05) is 36.1 Å². The Labute approximate surface area is 164 Å². The van der Waals surface area contributed by atoms with Crippen LogP contribution in [0.4, 0.5) is 17.6 Å². The Kier molecular flexibility index (Phi) is 5.79. The van der Waals surface area contributed by atoms with Crippen molar-refractivity contribution in [1.29, 1.82) is 5.26 Å². The van der Waals surface area contributed by atoms with Crippen molar-refractivity contribution >= 4 is 5.91 Å². The zero-order valence-electron chi connectivity index (χ0n) is 15.3. The molecule has 0 bridgehead atoms. The summed E-state index contributed by atoms with van der Waals surface area (Å²) in [6.07, 6.45) is -2.25. The zero-order valence-corrected chi connectivity index (χ0v) is 15.3. The number of alkyl halides is 3. The lowest BCUT2D eigenvalue weighted by Gasteiger charge is -2.13. The van der Waals surface area contributed by atoms with E-state index in [1.807, 2.05) is 6.92 Å². The fraction of sp³-hybridized carbons (Fsp3) is 0.368. The first-order valence-corrected chi connectivity index (χ1v) is 8.80. The summed E-state index contributed by atoms with van der Waals surface area (Å²) in [5, 5.41) is 14.7. The van der Waals surface area contributed by atoms with Crippen LogP contribution in [0.1, 0.15) is 24.7 Å². The Bertz CT molecular complexity index is 939. The SMILES string of the molecule is CC1NC(C(=O)NCc2cc(-c3cnc(C(F)(F)F)nc3)ccc2F)C[C@H]1C#N. The summed E-state index contributed by atoms with van der Waals surface area (Å²) in [4.78, 5) is 18.9. The largest absolute Gasteiger partial charge is 0.451 e. The van der Waals surface area contributed by atoms with Crippen LogP contribution < -0.4 is 10.6 Å². The van der Waals surface area contributed by atoms with Crippen LogP contribution in [0.25, 0.3) is 11.1 Å². The molecule has 1 fully saturated rings. The maximum atomic E-state index is 14.1. The normalized spacial score (nSPS) is 21.6. The summed E-state index contributed by atoms with van der Waals surface area (Å²) in [7, 11) is 0. The van der Waals surface area contributed by atoms with Crippen LogP contribution in [0, 0.1) is 23.1 Å². The number of nitrogens with one attached hydrogen (secondary N) is 2. The van der Waals surface area contributed by atoms with Crippen LogP contribution >= 0.6 is 0 Å². The number of halogens is 4. The molecule has 1 aliphatic rings. The van der Waals surface area contributed by atoms with E-state index in [9.17, 15) is 22.4 Å². The molecule has 0 spiro atoms. The van der Waals surface area contributed by atoms with E-state index in [0.29, 0.717) is 12.0 Å². The zero-order chi connectivity index (χ0) is 21.2. The highest BCUT2D eigenvalue weighted by atomic mass is 19.4. The maximum Gasteiger partial charge on any atom is 0.451 e. The van der Waals surface area contributed by atoms with E-state index in [1.54, 1.807) is 0 Å². The van der Waals surface area contributed by atoms with Gasteiger partial charge in [-0.25, -0.2) is 14.4 Å². The lowest BCUT2D eigenvalue weighted by atomic mass is 10.0. The van der Waals surface area contributed by atoms with Crippen molar-refractivity contribution in [3.8, 4) is 17.2 Å². The lowest BCUT2D eigenvalue weighted by Crippen LogP contribution is -2.42. The molecule has 3 rings (SSSR count). The van der Waals surface area contributed by atoms with E-state index in [-0.39, 0.29) is 35.5 Å². The number of aromatic nitrogens is 2. The van der Waals surface area contributed by atoms with Crippen LogP contribution in [0.3, 0.4) is 0 Å². The van der Waals surface area contributed by atoms with Gasteiger partial charge in [0.15, 0.2) is 0 Å². The van der Waals surface area contributed by atoms with Gasteiger partial charge in [0.1, 0.15) is 5.82 Å². The van der Waals surface area contributed by atoms with Crippen molar-refractivity contribution in [3.05, 3.63) is 47.8 Å². The summed E-state index contributed by atoms with van der Waals surface area (Å²) in [5.74, 6) is -2.45. The Morgan fingerprint density at radius 2 is 2.00 bits per heavy atom. The number of nitrogens with zero attached hydrogens (tertiary/aromatic N) is 3. The first-order chi connectivity index (χ1) is 13.7. The number of carbonyl (C=O) groups excluding carboxylic acids is 1. The predicted octanol–water partition coefficient (Wildman–Crippen LogP) is 2.81. The van der Waals surface area contributed by atoms with Gasteiger partial charge in [-0.3, -0.25) is 4.79 Å². The van der Waals surface area contributed by atoms with Crippen molar-refractivity contribution in [2.75, 3.05) is 0 Å². The number of amides is 1. The summed E-state index contributed by atoms with van der Waals surface area (Å²) in [5.41, 5.74) is 0.869. The average molecular weight is 407 g/mol. The van der Waals surface area contributed by atoms with Gasteiger partial charge in [-0.05, 0) is 31.0 Å². The van der Waals surface area contributed by atoms with Crippen LogP contribution in [0.15, 0.2) is 30.6 Å². The fourth-order valence-electron chi connectivity index (χ4n) is 3.13. The molecule has 2 unspecified atom stereocenters. The monoisotopic (exact) mass is 407 g/mol. The molecule has 1 aliphatic heterocycles. The van der Waals surface area contributed by atoms with Gasteiger partial charge >= 0.3 is 6.18 Å². The van der Waals surface area contributed by atoms with Gasteiger partial charge in [0.25, 0.3) is 0 Å². The van der Waals surface area contributed by atoms with Crippen LogP contribution in [0.2, 0.25) is 0 Å². The van der Waals surface area contributed by atoms with Crippen molar-refractivity contribution in [2.24, 2.45) is 5.92 Å². The second-order valence-electron chi connectivity index (χ2n) is 6.80. The highest BCUT2D eigenvalue weighted by molar-refractivity contribution is 5.82. The molecule has 2 heterocycles. The van der Waals surface area contributed by atoms with E-state index >= 15 is 0 Å². The number of carbonyl (C=O) groups is 1. The van der Waals surface area contributed by atoms with Crippen LogP contribution in [-0.2, 0) is 17.5 Å². The van der Waals surface area contributed by atoms with Gasteiger partial charge in [-0.1, -0.05) is 6.07 Å². The van der Waals surface area contributed by atoms with E-state index in [4.69, 9.17) is 5.26 Å². The molecule has 0 aliphatic carbocycles. The second kappa shape index (κ2) is 8.13. The van der Waals surface area contributed by atoms with Crippen LogP contribution in [-0.4, -0.2) is 28.0 Å². The Balaban J connectivity index is 1.70. The van der Waals surface area contributed by atoms with Crippen molar-refractivity contribution < 1.29 is 22.4 Å². The third kappa shape index (κ3) is 4.68. The molecule has 29 heavy (non-hydrogen) atoms. The quantitative estimate of drug-likeness (QED) is 0.761. The Hall–Kier alpha value is -3.06. The molecule has 2 N–H and O–H groups in total. The lowest BCUT2D eigenvalue weighted by molar-refractivity contribution is -0.145. The van der Waals surface area contributed by atoms with E-state index in [0.717, 1.165) is 18.5 Å². The second-order valence-corrected chi connectivity index (χ2v) is 6.80. The molecule has 1 amide bonds. The fourth-order valence-corrected chi connectivity index (χ4v) is 3.13. The van der Waals surface area contributed by atoms with Gasteiger partial charge in [-0.15, -0.1) is 0 Å². The average Bonchev–Trinajstić information content (AvgIpc) is 3.07. The summed E-state index contributed by atoms with van der Waals surface area (Å²) in [6.45, 7) is 1.71. The predicted molar refractivity (Wildman–Crippen MR) is 94.4 cm³/mol. The van der Waals surface area contributed by atoms with Gasteiger partial charge < -0.3 is 10.6 Å². The number of nitriles is 1. The van der Waals surface area contributed by atoms with E-state index in [1.165, 1.54) is 12.1 Å². The minimum Gasteiger partial charge on any atom is -0.351 e. The molecule has 152 valence electrons.